The molecule has 1 heterocycles. The van der Waals surface area contributed by atoms with Crippen LogP contribution in [0.4, 0.5) is 5.69 Å². The van der Waals surface area contributed by atoms with Gasteiger partial charge in [0.25, 0.3) is 0 Å². The maximum Gasteiger partial charge on any atom is 0.234 e. The average molecular weight is 500 g/mol. The smallest absolute Gasteiger partial charge is 0.234 e. The summed E-state index contributed by atoms with van der Waals surface area (Å²) in [7, 11) is 1.58. The number of carbonyl (C=O) groups is 2. The van der Waals surface area contributed by atoms with Crippen molar-refractivity contribution >= 4 is 45.2 Å². The molecule has 2 aromatic rings. The molecule has 2 amide bonds. The molecule has 0 aliphatic carbocycles. The summed E-state index contributed by atoms with van der Waals surface area (Å²) in [5.74, 6) is 0.0411. The minimum atomic E-state index is -0.355. The summed E-state index contributed by atoms with van der Waals surface area (Å²) < 4.78 is 6.13. The highest BCUT2D eigenvalue weighted by Crippen LogP contribution is 2.36. The Morgan fingerprint density at radius 1 is 1.29 bits per heavy atom. The van der Waals surface area contributed by atoms with Crippen LogP contribution >= 0.6 is 27.7 Å². The standard InChI is InChI=1S/C23H22BrN3O3S/c1-13-8-16(24)9-14(2)22(13)26-21(29)12-31-23-19(11-25)18(10-20(28)27-23)15-4-6-17(30-3)7-5-15/h4-9,18H,10,12H2,1-3H3,(H,26,29)(H,27,28)/t18-/m0/s1. The molecule has 0 bridgehead atoms. The zero-order valence-corrected chi connectivity index (χ0v) is 19.8. The van der Waals surface area contributed by atoms with Crippen LogP contribution in [0.2, 0.25) is 0 Å². The first-order chi connectivity index (χ1) is 14.8. The van der Waals surface area contributed by atoms with Crippen LogP contribution in [-0.2, 0) is 9.59 Å². The van der Waals surface area contributed by atoms with E-state index >= 15 is 0 Å². The number of allylic oxidation sites excluding steroid dienone is 1. The van der Waals surface area contributed by atoms with E-state index in [2.05, 4.69) is 32.6 Å². The lowest BCUT2D eigenvalue weighted by Crippen LogP contribution is -2.31. The van der Waals surface area contributed by atoms with E-state index in [1.807, 2.05) is 38.1 Å². The zero-order chi connectivity index (χ0) is 22.5. The summed E-state index contributed by atoms with van der Waals surface area (Å²) in [5, 5.41) is 15.9. The number of rotatable bonds is 6. The van der Waals surface area contributed by atoms with Gasteiger partial charge in [0, 0.05) is 22.5 Å². The quantitative estimate of drug-likeness (QED) is 0.596. The van der Waals surface area contributed by atoms with Crippen LogP contribution < -0.4 is 15.4 Å². The molecule has 0 saturated heterocycles. The predicted molar refractivity (Wildman–Crippen MR) is 126 cm³/mol. The Bertz CT molecular complexity index is 1070. The topological polar surface area (TPSA) is 91.2 Å². The van der Waals surface area contributed by atoms with E-state index < -0.39 is 0 Å². The van der Waals surface area contributed by atoms with Gasteiger partial charge in [0.2, 0.25) is 11.8 Å². The zero-order valence-electron chi connectivity index (χ0n) is 17.4. The van der Waals surface area contributed by atoms with Crippen LogP contribution in [0, 0.1) is 25.2 Å². The Kier molecular flexibility index (Phi) is 7.42. The highest BCUT2D eigenvalue weighted by molar-refractivity contribution is 9.10. The molecule has 0 unspecified atom stereocenters. The van der Waals surface area contributed by atoms with E-state index in [4.69, 9.17) is 4.74 Å². The lowest BCUT2D eigenvalue weighted by Gasteiger charge is -2.25. The lowest BCUT2D eigenvalue weighted by molar-refractivity contribution is -0.121. The van der Waals surface area contributed by atoms with Gasteiger partial charge in [-0.05, 0) is 54.8 Å². The van der Waals surface area contributed by atoms with Crippen molar-refractivity contribution < 1.29 is 14.3 Å². The molecule has 0 saturated carbocycles. The van der Waals surface area contributed by atoms with Crippen LogP contribution in [0.5, 0.6) is 5.75 Å². The van der Waals surface area contributed by atoms with Crippen molar-refractivity contribution in [3.63, 3.8) is 0 Å². The van der Waals surface area contributed by atoms with Gasteiger partial charge in [0.15, 0.2) is 0 Å². The number of aryl methyl sites for hydroxylation is 2. The molecular formula is C23H22BrN3O3S. The fraction of sp³-hybridized carbons (Fsp3) is 0.261. The lowest BCUT2D eigenvalue weighted by atomic mass is 9.87. The summed E-state index contributed by atoms with van der Waals surface area (Å²) >= 11 is 4.61. The van der Waals surface area contributed by atoms with Gasteiger partial charge in [0.1, 0.15) is 5.75 Å². The first kappa shape index (κ1) is 22.9. The van der Waals surface area contributed by atoms with Crippen molar-refractivity contribution in [3.8, 4) is 11.8 Å². The van der Waals surface area contributed by atoms with E-state index in [9.17, 15) is 14.9 Å². The fourth-order valence-electron chi connectivity index (χ4n) is 3.48. The largest absolute Gasteiger partial charge is 0.497 e. The molecular weight excluding hydrogens is 478 g/mol. The second-order valence-corrected chi connectivity index (χ2v) is 9.09. The molecule has 0 aromatic heterocycles. The molecule has 1 aliphatic heterocycles. The van der Waals surface area contributed by atoms with Crippen LogP contribution in [-0.4, -0.2) is 24.7 Å². The number of halogens is 1. The van der Waals surface area contributed by atoms with Crippen molar-refractivity contribution in [1.29, 1.82) is 5.26 Å². The van der Waals surface area contributed by atoms with Gasteiger partial charge in [0.05, 0.1) is 29.5 Å². The third kappa shape index (κ3) is 5.49. The molecule has 0 fully saturated rings. The van der Waals surface area contributed by atoms with Crippen molar-refractivity contribution in [2.24, 2.45) is 0 Å². The third-order valence-electron chi connectivity index (χ3n) is 4.98. The van der Waals surface area contributed by atoms with Crippen molar-refractivity contribution in [3.05, 3.63) is 68.2 Å². The number of nitriles is 1. The minimum Gasteiger partial charge on any atom is -0.497 e. The first-order valence-corrected chi connectivity index (χ1v) is 11.4. The van der Waals surface area contributed by atoms with Gasteiger partial charge < -0.3 is 15.4 Å². The first-order valence-electron chi connectivity index (χ1n) is 9.59. The molecule has 2 aromatic carbocycles. The summed E-state index contributed by atoms with van der Waals surface area (Å²) in [5.41, 5.74) is 3.99. The van der Waals surface area contributed by atoms with Gasteiger partial charge in [-0.25, -0.2) is 0 Å². The number of amides is 2. The van der Waals surface area contributed by atoms with E-state index in [0.29, 0.717) is 16.4 Å². The molecule has 3 rings (SSSR count). The van der Waals surface area contributed by atoms with Gasteiger partial charge in [-0.1, -0.05) is 39.8 Å². The Hall–Kier alpha value is -2.76. The molecule has 1 atom stereocenters. The molecule has 31 heavy (non-hydrogen) atoms. The fourth-order valence-corrected chi connectivity index (χ4v) is 5.04. The van der Waals surface area contributed by atoms with Gasteiger partial charge in [-0.3, -0.25) is 9.59 Å². The number of nitrogens with one attached hydrogen (secondary N) is 2. The number of nitrogens with zero attached hydrogens (tertiary/aromatic N) is 1. The van der Waals surface area contributed by atoms with E-state index in [1.165, 1.54) is 0 Å². The van der Waals surface area contributed by atoms with Crippen molar-refractivity contribution in [1.82, 2.24) is 5.32 Å². The maximum absolute atomic E-state index is 12.6. The number of hydrogen-bond acceptors (Lipinski definition) is 5. The molecule has 0 radical (unpaired) electrons. The van der Waals surface area contributed by atoms with Crippen LogP contribution in [0.25, 0.3) is 0 Å². The number of carbonyl (C=O) groups excluding carboxylic acids is 2. The number of benzene rings is 2. The summed E-state index contributed by atoms with van der Waals surface area (Å²) in [6, 6.07) is 13.4. The Labute approximate surface area is 194 Å². The minimum absolute atomic E-state index is 0.0745. The van der Waals surface area contributed by atoms with Gasteiger partial charge in [-0.15, -0.1) is 0 Å². The average Bonchev–Trinajstić information content (AvgIpc) is 2.74. The number of anilines is 1. The highest BCUT2D eigenvalue weighted by atomic mass is 79.9. The van der Waals surface area contributed by atoms with E-state index in [0.717, 1.165) is 38.6 Å². The maximum atomic E-state index is 12.6. The second kappa shape index (κ2) is 10.0. The SMILES string of the molecule is COc1ccc([C@@H]2CC(=O)NC(SCC(=O)Nc3c(C)cc(Br)cc3C)=C2C#N)cc1. The number of methoxy groups -OCH3 is 1. The van der Waals surface area contributed by atoms with Gasteiger partial charge >= 0.3 is 0 Å². The monoisotopic (exact) mass is 499 g/mol. The van der Waals surface area contributed by atoms with Crippen molar-refractivity contribution in [2.45, 2.75) is 26.2 Å². The Morgan fingerprint density at radius 2 is 1.94 bits per heavy atom. The van der Waals surface area contributed by atoms with E-state index in [-0.39, 0.29) is 29.9 Å². The van der Waals surface area contributed by atoms with Gasteiger partial charge in [-0.2, -0.15) is 5.26 Å². The van der Waals surface area contributed by atoms with Crippen molar-refractivity contribution in [2.75, 3.05) is 18.2 Å². The predicted octanol–water partition coefficient (Wildman–Crippen LogP) is 4.79. The Balaban J connectivity index is 1.77. The normalized spacial score (nSPS) is 15.8. The van der Waals surface area contributed by atoms with Crippen LogP contribution in [0.1, 0.15) is 29.0 Å². The summed E-state index contributed by atoms with van der Waals surface area (Å²) in [4.78, 5) is 24.9. The molecule has 0 spiro atoms. The molecule has 8 heteroatoms. The number of ether oxygens (including phenoxy) is 1. The second-order valence-electron chi connectivity index (χ2n) is 7.18. The van der Waals surface area contributed by atoms with Crippen LogP contribution in [0.3, 0.4) is 0 Å². The summed E-state index contributed by atoms with van der Waals surface area (Å²) in [6.45, 7) is 3.86. The third-order valence-corrected chi connectivity index (χ3v) is 6.46. The molecule has 6 nitrogen and oxygen atoms in total. The number of thioether (sulfide) groups is 1. The highest BCUT2D eigenvalue weighted by Gasteiger charge is 2.30. The molecule has 2 N–H and O–H groups in total. The molecule has 160 valence electrons. The Morgan fingerprint density at radius 3 is 2.52 bits per heavy atom. The summed E-state index contributed by atoms with van der Waals surface area (Å²) in [6.07, 6.45) is 0.183. The van der Waals surface area contributed by atoms with Crippen LogP contribution in [0.15, 0.2) is 51.5 Å². The number of hydrogen-bond donors (Lipinski definition) is 2. The molecule has 1 aliphatic rings. The van der Waals surface area contributed by atoms with E-state index in [1.54, 1.807) is 19.2 Å².